The van der Waals surface area contributed by atoms with Crippen molar-refractivity contribution in [3.05, 3.63) is 94.9 Å². The van der Waals surface area contributed by atoms with Crippen molar-refractivity contribution in [2.45, 2.75) is 54.4 Å². The maximum Gasteiger partial charge on any atom is 0.0341 e. The third-order valence-corrected chi connectivity index (χ3v) is 7.66. The first kappa shape index (κ1) is 23.6. The van der Waals surface area contributed by atoms with Crippen LogP contribution in [0.15, 0.2) is 83.8 Å². The lowest BCUT2D eigenvalue weighted by Gasteiger charge is -2.51. The van der Waals surface area contributed by atoms with Gasteiger partial charge in [0.15, 0.2) is 0 Å². The zero-order valence-electron chi connectivity index (χ0n) is 21.4. The molecule has 0 saturated carbocycles. The van der Waals surface area contributed by atoms with Crippen molar-refractivity contribution in [2.75, 3.05) is 19.6 Å². The highest BCUT2D eigenvalue weighted by Gasteiger charge is 2.45. The molecule has 0 saturated heterocycles. The molecule has 2 aliphatic heterocycles. The van der Waals surface area contributed by atoms with E-state index in [0.29, 0.717) is 0 Å². The summed E-state index contributed by atoms with van der Waals surface area (Å²) in [6.07, 6.45) is 13.9. The molecule has 0 bridgehead atoms. The normalized spacial score (nSPS) is 25.9. The Morgan fingerprint density at radius 3 is 2.48 bits per heavy atom. The van der Waals surface area contributed by atoms with Gasteiger partial charge in [0.05, 0.1) is 0 Å². The number of hydrogen-bond donors (Lipinski definition) is 1. The summed E-state index contributed by atoms with van der Waals surface area (Å²) >= 11 is 0. The van der Waals surface area contributed by atoms with Crippen molar-refractivity contribution in [3.63, 3.8) is 0 Å². The Hall–Kier alpha value is -2.58. The second-order valence-corrected chi connectivity index (χ2v) is 10.8. The predicted octanol–water partition coefficient (Wildman–Crippen LogP) is 7.51. The first-order valence-corrected chi connectivity index (χ1v) is 12.4. The molecular weight excluding hydrogens is 400 g/mol. The quantitative estimate of drug-likeness (QED) is 0.477. The molecule has 0 aromatic heterocycles. The summed E-state index contributed by atoms with van der Waals surface area (Å²) in [7, 11) is 0. The molecule has 0 fully saturated rings. The molecular formula is C31H40N2. The van der Waals surface area contributed by atoms with Gasteiger partial charge in [-0.05, 0) is 55.0 Å². The predicted molar refractivity (Wildman–Crippen MR) is 144 cm³/mol. The summed E-state index contributed by atoms with van der Waals surface area (Å²) in [6, 6.07) is 8.97. The molecule has 1 aromatic rings. The third kappa shape index (κ3) is 4.59. The van der Waals surface area contributed by atoms with Crippen molar-refractivity contribution in [1.29, 1.82) is 0 Å². The number of nitrogens with one attached hydrogen (secondary N) is 1. The molecule has 2 heteroatoms. The highest BCUT2D eigenvalue weighted by Crippen LogP contribution is 2.55. The van der Waals surface area contributed by atoms with E-state index >= 15 is 0 Å². The molecule has 0 unspecified atom stereocenters. The fourth-order valence-electron chi connectivity index (χ4n) is 5.96. The molecule has 1 aliphatic carbocycles. The summed E-state index contributed by atoms with van der Waals surface area (Å²) in [5.41, 5.74) is 10.8. The average Bonchev–Trinajstić information content (AvgIpc) is 2.75. The Bertz CT molecular complexity index is 1090. The molecule has 1 atom stereocenters. The van der Waals surface area contributed by atoms with Gasteiger partial charge in [-0.2, -0.15) is 0 Å². The Kier molecular flexibility index (Phi) is 6.42. The van der Waals surface area contributed by atoms with Crippen LogP contribution in [0.2, 0.25) is 0 Å². The fourth-order valence-corrected chi connectivity index (χ4v) is 5.96. The Morgan fingerprint density at radius 1 is 1.12 bits per heavy atom. The first-order chi connectivity index (χ1) is 15.6. The number of hydrogen-bond acceptors (Lipinski definition) is 2. The van der Waals surface area contributed by atoms with Crippen molar-refractivity contribution in [1.82, 2.24) is 10.2 Å². The molecule has 4 rings (SSSR count). The fraction of sp³-hybridized carbons (Fsp3) is 0.419. The van der Waals surface area contributed by atoms with E-state index in [2.05, 4.69) is 113 Å². The van der Waals surface area contributed by atoms with Gasteiger partial charge >= 0.3 is 0 Å². The van der Waals surface area contributed by atoms with E-state index in [1.807, 2.05) is 0 Å². The van der Waals surface area contributed by atoms with E-state index in [-0.39, 0.29) is 10.8 Å². The maximum atomic E-state index is 4.08. The van der Waals surface area contributed by atoms with Gasteiger partial charge in [0.1, 0.15) is 0 Å². The Labute approximate surface area is 201 Å². The average molecular weight is 441 g/mol. The van der Waals surface area contributed by atoms with Gasteiger partial charge < -0.3 is 5.32 Å². The number of rotatable bonds is 5. The topological polar surface area (TPSA) is 15.3 Å². The minimum Gasteiger partial charge on any atom is -0.359 e. The largest absolute Gasteiger partial charge is 0.359 e. The van der Waals surface area contributed by atoms with Crippen molar-refractivity contribution < 1.29 is 0 Å². The molecule has 2 nitrogen and oxygen atoms in total. The lowest BCUT2D eigenvalue weighted by Crippen LogP contribution is -2.47. The zero-order chi connectivity index (χ0) is 23.8. The Morgan fingerprint density at radius 2 is 1.85 bits per heavy atom. The second-order valence-electron chi connectivity index (χ2n) is 10.8. The van der Waals surface area contributed by atoms with Gasteiger partial charge in [-0.1, -0.05) is 94.0 Å². The SMILES string of the molecule is C=C(C)c1ccc(C2=CC[C@]3(C)CN(CC4=C(C)N/C(=C\CC)C=C4)CC=C3C2(C)C)cc1. The molecule has 174 valence electrons. The minimum absolute atomic E-state index is 0.0329. The zero-order valence-corrected chi connectivity index (χ0v) is 21.4. The molecule has 3 aliphatic rings. The molecule has 0 radical (unpaired) electrons. The van der Waals surface area contributed by atoms with Crippen LogP contribution in [-0.2, 0) is 0 Å². The number of fused-ring (bicyclic) bond motifs is 1. The number of nitrogens with zero attached hydrogens (tertiary/aromatic N) is 1. The summed E-state index contributed by atoms with van der Waals surface area (Å²) in [5.74, 6) is 0. The van der Waals surface area contributed by atoms with Gasteiger partial charge in [-0.25, -0.2) is 0 Å². The van der Waals surface area contributed by atoms with Gasteiger partial charge in [-0.3, -0.25) is 4.90 Å². The van der Waals surface area contributed by atoms with E-state index in [1.165, 1.54) is 33.7 Å². The molecule has 0 spiro atoms. The molecule has 2 heterocycles. The van der Waals surface area contributed by atoms with Crippen molar-refractivity contribution in [2.24, 2.45) is 10.8 Å². The summed E-state index contributed by atoms with van der Waals surface area (Å²) < 4.78 is 0. The summed E-state index contributed by atoms with van der Waals surface area (Å²) in [5, 5.41) is 3.57. The maximum absolute atomic E-state index is 4.08. The number of dihydropyridines is 1. The third-order valence-electron chi connectivity index (χ3n) is 7.66. The van der Waals surface area contributed by atoms with Gasteiger partial charge in [0, 0.05) is 41.9 Å². The van der Waals surface area contributed by atoms with Gasteiger partial charge in [-0.15, -0.1) is 0 Å². The standard InChI is InChI=1S/C31H40N2/c1-8-9-27-15-14-26(23(4)32-27)20-33-19-17-29-30(5,6)28(16-18-31(29,7)21-33)25-12-10-24(11-13-25)22(2)3/h9-17,32H,2,8,18-21H2,1,3-7H3/b27-9-/t31-/m1/s1. The second kappa shape index (κ2) is 8.99. The van der Waals surface area contributed by atoms with Crippen LogP contribution in [0.5, 0.6) is 0 Å². The molecule has 1 aromatic carbocycles. The van der Waals surface area contributed by atoms with E-state index < -0.39 is 0 Å². The minimum atomic E-state index is 0.0329. The highest BCUT2D eigenvalue weighted by molar-refractivity contribution is 5.76. The van der Waals surface area contributed by atoms with Crippen molar-refractivity contribution in [3.8, 4) is 0 Å². The number of allylic oxidation sites excluding steroid dienone is 6. The van der Waals surface area contributed by atoms with E-state index in [9.17, 15) is 0 Å². The van der Waals surface area contributed by atoms with Crippen LogP contribution in [-0.4, -0.2) is 24.5 Å². The smallest absolute Gasteiger partial charge is 0.0341 e. The van der Waals surface area contributed by atoms with Crippen LogP contribution >= 0.6 is 0 Å². The molecule has 0 amide bonds. The molecule has 1 N–H and O–H groups in total. The van der Waals surface area contributed by atoms with E-state index in [1.54, 1.807) is 5.57 Å². The lowest BCUT2D eigenvalue weighted by molar-refractivity contribution is 0.176. The van der Waals surface area contributed by atoms with Gasteiger partial charge in [0.25, 0.3) is 0 Å². The van der Waals surface area contributed by atoms with Gasteiger partial charge in [0.2, 0.25) is 0 Å². The van der Waals surface area contributed by atoms with Crippen LogP contribution in [0.3, 0.4) is 0 Å². The van der Waals surface area contributed by atoms with Crippen LogP contribution < -0.4 is 5.32 Å². The van der Waals surface area contributed by atoms with Crippen molar-refractivity contribution >= 4 is 11.1 Å². The van der Waals surface area contributed by atoms with Crippen LogP contribution in [0, 0.1) is 10.8 Å². The summed E-state index contributed by atoms with van der Waals surface area (Å²) in [6.45, 7) is 20.9. The highest BCUT2D eigenvalue weighted by atomic mass is 15.1. The van der Waals surface area contributed by atoms with Crippen LogP contribution in [0.1, 0.15) is 65.5 Å². The van der Waals surface area contributed by atoms with E-state index in [4.69, 9.17) is 0 Å². The summed E-state index contributed by atoms with van der Waals surface area (Å²) in [4.78, 5) is 2.61. The first-order valence-electron chi connectivity index (χ1n) is 12.4. The van der Waals surface area contributed by atoms with Crippen LogP contribution in [0.4, 0.5) is 0 Å². The molecule has 33 heavy (non-hydrogen) atoms. The number of benzene rings is 1. The van der Waals surface area contributed by atoms with Crippen LogP contribution in [0.25, 0.3) is 11.1 Å². The lowest BCUT2D eigenvalue weighted by atomic mass is 9.58. The van der Waals surface area contributed by atoms with E-state index in [0.717, 1.165) is 38.0 Å². The Balaban J connectivity index is 1.54. The monoisotopic (exact) mass is 440 g/mol.